The molecule has 2 aliphatic carbocycles. The van der Waals surface area contributed by atoms with Crippen LogP contribution in [-0.4, -0.2) is 18.5 Å². The molecule has 0 aromatic heterocycles. The fourth-order valence-electron chi connectivity index (χ4n) is 3.40. The molecule has 0 radical (unpaired) electrons. The molecule has 2 aromatic carbocycles. The van der Waals surface area contributed by atoms with Gasteiger partial charge in [0.05, 0.1) is 0 Å². The van der Waals surface area contributed by atoms with Gasteiger partial charge in [-0.2, -0.15) is 0 Å². The van der Waals surface area contributed by atoms with Crippen molar-refractivity contribution in [3.8, 4) is 0 Å². The largest absolute Gasteiger partial charge is 0.322 e. The van der Waals surface area contributed by atoms with E-state index in [1.807, 2.05) is 48.5 Å². The average Bonchev–Trinajstić information content (AvgIpc) is 3.54. The number of nitrogens with one attached hydrogen (secondary N) is 2. The Balaban J connectivity index is 0.00000196. The molecule has 138 valence electrons. The lowest BCUT2D eigenvalue weighted by atomic mass is 10.0. The van der Waals surface area contributed by atoms with Crippen LogP contribution in [0.15, 0.2) is 54.6 Å². The molecule has 2 unspecified atom stereocenters. The van der Waals surface area contributed by atoms with Crippen molar-refractivity contribution in [3.63, 3.8) is 0 Å². The summed E-state index contributed by atoms with van der Waals surface area (Å²) in [6.45, 7) is 1.22. The maximum absolute atomic E-state index is 12.4. The molecule has 0 aliphatic heterocycles. The number of carbonyl (C=O) groups excluding carboxylic acids is 1. The zero-order valence-corrected chi connectivity index (χ0v) is 15.8. The Morgan fingerprint density at radius 1 is 1.04 bits per heavy atom. The van der Waals surface area contributed by atoms with Crippen molar-refractivity contribution in [1.82, 2.24) is 5.32 Å². The molecule has 2 saturated carbocycles. The van der Waals surface area contributed by atoms with Crippen molar-refractivity contribution in [2.24, 2.45) is 11.8 Å². The van der Waals surface area contributed by atoms with Crippen LogP contribution < -0.4 is 10.6 Å². The minimum atomic E-state index is -0.0385. The highest BCUT2D eigenvalue weighted by Gasteiger charge is 2.37. The van der Waals surface area contributed by atoms with E-state index in [4.69, 9.17) is 0 Å². The third kappa shape index (κ3) is 5.33. The maximum atomic E-state index is 12.4. The summed E-state index contributed by atoms with van der Waals surface area (Å²) in [5.41, 5.74) is 2.83. The van der Waals surface area contributed by atoms with Gasteiger partial charge in [0.15, 0.2) is 0 Å². The molecule has 2 N–H and O–H groups in total. The monoisotopic (exact) mass is 370 g/mol. The summed E-state index contributed by atoms with van der Waals surface area (Å²) in [5, 5.41) is 6.65. The average molecular weight is 371 g/mol. The topological polar surface area (TPSA) is 41.1 Å². The van der Waals surface area contributed by atoms with Crippen LogP contribution in [0, 0.1) is 11.8 Å². The Morgan fingerprint density at radius 2 is 1.85 bits per heavy atom. The number of carbonyl (C=O) groups is 1. The number of aryl methyl sites for hydroxylation is 1. The van der Waals surface area contributed by atoms with Crippen LogP contribution in [0.25, 0.3) is 0 Å². The van der Waals surface area contributed by atoms with Crippen molar-refractivity contribution in [1.29, 1.82) is 0 Å². The van der Waals surface area contributed by atoms with Crippen LogP contribution in [0.2, 0.25) is 0 Å². The van der Waals surface area contributed by atoms with Gasteiger partial charge in [0.1, 0.15) is 0 Å². The molecule has 1 amide bonds. The van der Waals surface area contributed by atoms with E-state index in [-0.39, 0.29) is 18.3 Å². The van der Waals surface area contributed by atoms with Gasteiger partial charge in [-0.15, -0.1) is 12.4 Å². The van der Waals surface area contributed by atoms with Gasteiger partial charge < -0.3 is 10.6 Å². The number of halogens is 1. The van der Waals surface area contributed by atoms with Crippen molar-refractivity contribution in [2.75, 3.05) is 11.9 Å². The predicted octanol–water partition coefficient (Wildman–Crippen LogP) is 4.68. The Morgan fingerprint density at radius 3 is 2.62 bits per heavy atom. The van der Waals surface area contributed by atoms with E-state index in [0.717, 1.165) is 35.5 Å². The highest BCUT2D eigenvalue weighted by Crippen LogP contribution is 2.36. The summed E-state index contributed by atoms with van der Waals surface area (Å²) in [6.07, 6.45) is 6.43. The highest BCUT2D eigenvalue weighted by atomic mass is 35.5. The quantitative estimate of drug-likeness (QED) is 0.708. The van der Waals surface area contributed by atoms with Crippen molar-refractivity contribution < 1.29 is 4.79 Å². The van der Waals surface area contributed by atoms with Crippen molar-refractivity contribution >= 4 is 24.0 Å². The first-order chi connectivity index (χ1) is 12.3. The van der Waals surface area contributed by atoms with E-state index in [0.29, 0.717) is 0 Å². The standard InChI is InChI=1S/C22H26N2O.ClH/c25-22(24-20-7-2-1-3-8-20)19-6-4-5-16(13-19)11-12-18-14-21(18)23-15-17-9-10-17;/h1-8,13,17-18,21,23H,9-12,14-15H2,(H,24,25);1H. The highest BCUT2D eigenvalue weighted by molar-refractivity contribution is 6.04. The van der Waals surface area contributed by atoms with Gasteiger partial charge in [-0.3, -0.25) is 4.79 Å². The van der Waals surface area contributed by atoms with E-state index in [2.05, 4.69) is 16.7 Å². The van der Waals surface area contributed by atoms with E-state index in [1.54, 1.807) is 0 Å². The lowest BCUT2D eigenvalue weighted by Gasteiger charge is -2.07. The van der Waals surface area contributed by atoms with E-state index in [9.17, 15) is 4.79 Å². The van der Waals surface area contributed by atoms with Crippen LogP contribution in [-0.2, 0) is 6.42 Å². The molecular weight excluding hydrogens is 344 g/mol. The Labute approximate surface area is 162 Å². The maximum Gasteiger partial charge on any atom is 0.255 e. The predicted molar refractivity (Wildman–Crippen MR) is 109 cm³/mol. The Hall–Kier alpha value is -1.84. The molecule has 0 spiro atoms. The minimum Gasteiger partial charge on any atom is -0.322 e. The summed E-state index contributed by atoms with van der Waals surface area (Å²) < 4.78 is 0. The van der Waals surface area contributed by atoms with Crippen LogP contribution in [0.4, 0.5) is 5.69 Å². The number of amides is 1. The van der Waals surface area contributed by atoms with Crippen molar-refractivity contribution in [2.45, 2.75) is 38.1 Å². The zero-order valence-electron chi connectivity index (χ0n) is 15.0. The number of anilines is 1. The third-order valence-electron chi connectivity index (χ3n) is 5.31. The van der Waals surface area contributed by atoms with Gasteiger partial charge in [-0.25, -0.2) is 0 Å². The van der Waals surface area contributed by atoms with Gasteiger partial charge >= 0.3 is 0 Å². The zero-order chi connectivity index (χ0) is 17.1. The SMILES string of the molecule is Cl.O=C(Nc1ccccc1)c1cccc(CCC2CC2NCC2CC2)c1. The molecule has 0 bridgehead atoms. The molecule has 2 fully saturated rings. The molecular formula is C22H27ClN2O. The van der Waals surface area contributed by atoms with Crippen LogP contribution in [0.3, 0.4) is 0 Å². The van der Waals surface area contributed by atoms with Crippen molar-refractivity contribution in [3.05, 3.63) is 65.7 Å². The molecule has 3 nitrogen and oxygen atoms in total. The number of rotatable bonds is 8. The second-order valence-electron chi connectivity index (χ2n) is 7.51. The van der Waals surface area contributed by atoms with Gasteiger partial charge in [0, 0.05) is 17.3 Å². The second kappa shape index (κ2) is 8.70. The molecule has 2 aliphatic rings. The molecule has 4 rings (SSSR count). The summed E-state index contributed by atoms with van der Waals surface area (Å²) in [4.78, 5) is 12.4. The normalized spacial score (nSPS) is 20.9. The van der Waals surface area contributed by atoms with Gasteiger partial charge in [0.25, 0.3) is 5.91 Å². The third-order valence-corrected chi connectivity index (χ3v) is 5.31. The fraction of sp³-hybridized carbons (Fsp3) is 0.409. The van der Waals surface area contributed by atoms with Gasteiger partial charge in [-0.1, -0.05) is 30.3 Å². The number of hydrogen-bond donors (Lipinski definition) is 2. The summed E-state index contributed by atoms with van der Waals surface area (Å²) >= 11 is 0. The van der Waals surface area contributed by atoms with E-state index < -0.39 is 0 Å². The summed E-state index contributed by atoms with van der Waals surface area (Å²) in [6, 6.07) is 18.4. The lowest BCUT2D eigenvalue weighted by molar-refractivity contribution is 0.102. The Kier molecular flexibility index (Phi) is 6.33. The summed E-state index contributed by atoms with van der Waals surface area (Å²) in [5.74, 6) is 1.74. The first-order valence-corrected chi connectivity index (χ1v) is 9.46. The smallest absolute Gasteiger partial charge is 0.255 e. The second-order valence-corrected chi connectivity index (χ2v) is 7.51. The molecule has 26 heavy (non-hydrogen) atoms. The number of benzene rings is 2. The van der Waals surface area contributed by atoms with Crippen LogP contribution >= 0.6 is 12.4 Å². The lowest BCUT2D eigenvalue weighted by Crippen LogP contribution is -2.20. The summed E-state index contributed by atoms with van der Waals surface area (Å²) in [7, 11) is 0. The minimum absolute atomic E-state index is 0. The molecule has 2 aromatic rings. The molecule has 4 heteroatoms. The molecule has 0 heterocycles. The van der Waals surface area contributed by atoms with Gasteiger partial charge in [-0.05, 0) is 80.3 Å². The number of hydrogen-bond acceptors (Lipinski definition) is 2. The first kappa shape index (κ1) is 18.9. The van der Waals surface area contributed by atoms with Gasteiger partial charge in [0.2, 0.25) is 0 Å². The Bertz CT molecular complexity index is 730. The fourth-order valence-corrected chi connectivity index (χ4v) is 3.40. The van der Waals surface area contributed by atoms with E-state index >= 15 is 0 Å². The first-order valence-electron chi connectivity index (χ1n) is 9.46. The van der Waals surface area contributed by atoms with Crippen LogP contribution in [0.5, 0.6) is 0 Å². The molecule has 0 saturated heterocycles. The van der Waals surface area contributed by atoms with E-state index in [1.165, 1.54) is 37.8 Å². The van der Waals surface area contributed by atoms with Crippen LogP contribution in [0.1, 0.15) is 41.6 Å². The molecule has 2 atom stereocenters. The number of para-hydroxylation sites is 1.